The fourth-order valence-corrected chi connectivity index (χ4v) is 3.28. The van der Waals surface area contributed by atoms with Gasteiger partial charge in [-0.15, -0.1) is 0 Å². The molecular weight excluding hydrogens is 246 g/mol. The fourth-order valence-electron chi connectivity index (χ4n) is 3.28. The zero-order valence-corrected chi connectivity index (χ0v) is 12.9. The topological polar surface area (TPSA) is 41.3 Å². The number of hydrogen-bond donors (Lipinski definition) is 2. The van der Waals surface area contributed by atoms with Crippen LogP contribution in [0.15, 0.2) is 30.3 Å². The van der Waals surface area contributed by atoms with Crippen LogP contribution in [-0.2, 0) is 0 Å². The first-order chi connectivity index (χ1) is 9.74. The minimum absolute atomic E-state index is 0.399. The van der Waals surface area contributed by atoms with E-state index in [0.29, 0.717) is 18.1 Å². The Bertz CT molecular complexity index is 375. The average molecular weight is 275 g/mol. The van der Waals surface area contributed by atoms with Crippen molar-refractivity contribution in [3.05, 3.63) is 35.9 Å². The molecule has 1 fully saturated rings. The van der Waals surface area contributed by atoms with Crippen molar-refractivity contribution in [2.75, 3.05) is 19.6 Å². The van der Waals surface area contributed by atoms with Crippen LogP contribution in [-0.4, -0.2) is 36.6 Å². The highest BCUT2D eigenvalue weighted by Gasteiger charge is 2.24. The lowest BCUT2D eigenvalue weighted by Gasteiger charge is -2.31. The summed E-state index contributed by atoms with van der Waals surface area (Å²) in [5.41, 5.74) is 7.41. The van der Waals surface area contributed by atoms with Gasteiger partial charge in [-0.25, -0.2) is 0 Å². The average Bonchev–Trinajstić information content (AvgIpc) is 2.90. The van der Waals surface area contributed by atoms with Crippen molar-refractivity contribution in [2.24, 2.45) is 5.73 Å². The molecule has 3 atom stereocenters. The van der Waals surface area contributed by atoms with E-state index in [0.717, 1.165) is 26.1 Å². The van der Waals surface area contributed by atoms with Crippen molar-refractivity contribution in [3.8, 4) is 0 Å². The summed E-state index contributed by atoms with van der Waals surface area (Å²) in [4.78, 5) is 2.53. The van der Waals surface area contributed by atoms with Gasteiger partial charge in [0.05, 0.1) is 0 Å². The third-order valence-corrected chi connectivity index (χ3v) is 4.51. The Morgan fingerprint density at radius 1 is 1.20 bits per heavy atom. The molecule has 2 rings (SSSR count). The van der Waals surface area contributed by atoms with Crippen LogP contribution in [0.1, 0.15) is 44.7 Å². The molecule has 0 saturated heterocycles. The Kier molecular flexibility index (Phi) is 6.02. The summed E-state index contributed by atoms with van der Waals surface area (Å²) in [6.45, 7) is 7.67. The molecule has 0 aromatic heterocycles. The van der Waals surface area contributed by atoms with E-state index in [1.165, 1.54) is 18.4 Å². The maximum atomic E-state index is 6.00. The molecule has 0 bridgehead atoms. The van der Waals surface area contributed by atoms with Crippen LogP contribution in [0.4, 0.5) is 0 Å². The summed E-state index contributed by atoms with van der Waals surface area (Å²) in [7, 11) is 0. The zero-order valence-electron chi connectivity index (χ0n) is 12.9. The molecule has 0 heterocycles. The van der Waals surface area contributed by atoms with Gasteiger partial charge in [-0.2, -0.15) is 0 Å². The number of benzene rings is 1. The molecule has 0 radical (unpaired) electrons. The van der Waals surface area contributed by atoms with Gasteiger partial charge in [0.25, 0.3) is 0 Å². The van der Waals surface area contributed by atoms with E-state index >= 15 is 0 Å². The van der Waals surface area contributed by atoms with Gasteiger partial charge in [0, 0.05) is 24.7 Å². The third-order valence-electron chi connectivity index (χ3n) is 4.51. The van der Waals surface area contributed by atoms with E-state index in [4.69, 9.17) is 5.73 Å². The maximum Gasteiger partial charge on any atom is 0.0472 e. The quantitative estimate of drug-likeness (QED) is 0.803. The molecular formula is C17H29N3. The molecule has 3 nitrogen and oxygen atoms in total. The number of nitrogens with one attached hydrogen (secondary N) is 1. The van der Waals surface area contributed by atoms with Crippen LogP contribution in [0.5, 0.6) is 0 Å². The van der Waals surface area contributed by atoms with Crippen molar-refractivity contribution < 1.29 is 0 Å². The number of likely N-dealkylation sites (N-methyl/N-ethyl adjacent to an activating group) is 1. The molecule has 0 amide bonds. The van der Waals surface area contributed by atoms with E-state index in [1.54, 1.807) is 0 Å². The second-order valence-electron chi connectivity index (χ2n) is 5.83. The van der Waals surface area contributed by atoms with Gasteiger partial charge in [-0.3, -0.25) is 4.90 Å². The Morgan fingerprint density at radius 2 is 1.90 bits per heavy atom. The number of rotatable bonds is 7. The Morgan fingerprint density at radius 3 is 2.45 bits per heavy atom. The lowest BCUT2D eigenvalue weighted by molar-refractivity contribution is 0.208. The second-order valence-corrected chi connectivity index (χ2v) is 5.83. The SMILES string of the molecule is CCN(CC)C(CNC1CCC(N)C1)c1ccccc1. The summed E-state index contributed by atoms with van der Waals surface area (Å²) in [6, 6.07) is 12.3. The van der Waals surface area contributed by atoms with Crippen molar-refractivity contribution in [1.29, 1.82) is 0 Å². The number of nitrogens with zero attached hydrogens (tertiary/aromatic N) is 1. The second kappa shape index (κ2) is 7.77. The van der Waals surface area contributed by atoms with Crippen molar-refractivity contribution in [1.82, 2.24) is 10.2 Å². The molecule has 1 aromatic rings. The van der Waals surface area contributed by atoms with Crippen molar-refractivity contribution in [3.63, 3.8) is 0 Å². The highest BCUT2D eigenvalue weighted by molar-refractivity contribution is 5.19. The minimum atomic E-state index is 0.399. The van der Waals surface area contributed by atoms with Gasteiger partial charge >= 0.3 is 0 Å². The molecule has 20 heavy (non-hydrogen) atoms. The van der Waals surface area contributed by atoms with Gasteiger partial charge in [0.2, 0.25) is 0 Å². The number of hydrogen-bond acceptors (Lipinski definition) is 3. The first-order valence-electron chi connectivity index (χ1n) is 8.02. The van der Waals surface area contributed by atoms with Crippen molar-refractivity contribution in [2.45, 2.75) is 51.2 Å². The molecule has 1 aromatic carbocycles. The van der Waals surface area contributed by atoms with Crippen LogP contribution in [0.2, 0.25) is 0 Å². The van der Waals surface area contributed by atoms with E-state index in [-0.39, 0.29) is 0 Å². The van der Waals surface area contributed by atoms with E-state index in [1.807, 2.05) is 0 Å². The highest BCUT2D eigenvalue weighted by Crippen LogP contribution is 2.22. The van der Waals surface area contributed by atoms with E-state index in [2.05, 4.69) is 54.4 Å². The van der Waals surface area contributed by atoms with Crippen LogP contribution >= 0.6 is 0 Å². The Hall–Kier alpha value is -0.900. The van der Waals surface area contributed by atoms with E-state index in [9.17, 15) is 0 Å². The van der Waals surface area contributed by atoms with Gasteiger partial charge in [0.15, 0.2) is 0 Å². The predicted octanol–water partition coefficient (Wildman–Crippen LogP) is 2.54. The van der Waals surface area contributed by atoms with Gasteiger partial charge < -0.3 is 11.1 Å². The normalized spacial score (nSPS) is 24.2. The zero-order chi connectivity index (χ0) is 14.4. The standard InChI is InChI=1S/C17H29N3/c1-3-20(4-2)17(14-8-6-5-7-9-14)13-19-16-11-10-15(18)12-16/h5-9,15-17,19H,3-4,10-13,18H2,1-2H3. The molecule has 1 aliphatic carbocycles. The maximum absolute atomic E-state index is 6.00. The van der Waals surface area contributed by atoms with E-state index < -0.39 is 0 Å². The van der Waals surface area contributed by atoms with Crippen LogP contribution < -0.4 is 11.1 Å². The molecule has 3 N–H and O–H groups in total. The Balaban J connectivity index is 1.99. The number of nitrogens with two attached hydrogens (primary N) is 1. The first-order valence-corrected chi connectivity index (χ1v) is 8.02. The van der Waals surface area contributed by atoms with Crippen LogP contribution in [0, 0.1) is 0 Å². The Labute approximate surface area is 123 Å². The molecule has 3 unspecified atom stereocenters. The summed E-state index contributed by atoms with van der Waals surface area (Å²) in [5.74, 6) is 0. The van der Waals surface area contributed by atoms with Gasteiger partial charge in [-0.1, -0.05) is 44.2 Å². The fraction of sp³-hybridized carbons (Fsp3) is 0.647. The molecule has 1 aliphatic rings. The van der Waals surface area contributed by atoms with Gasteiger partial charge in [0.1, 0.15) is 0 Å². The minimum Gasteiger partial charge on any atom is -0.328 e. The molecule has 3 heteroatoms. The monoisotopic (exact) mass is 275 g/mol. The highest BCUT2D eigenvalue weighted by atomic mass is 15.2. The predicted molar refractivity (Wildman–Crippen MR) is 85.7 cm³/mol. The lowest BCUT2D eigenvalue weighted by Crippen LogP contribution is -2.39. The lowest BCUT2D eigenvalue weighted by atomic mass is 10.0. The van der Waals surface area contributed by atoms with Crippen molar-refractivity contribution >= 4 is 0 Å². The molecule has 0 aliphatic heterocycles. The molecule has 112 valence electrons. The molecule has 0 spiro atoms. The smallest absolute Gasteiger partial charge is 0.0472 e. The largest absolute Gasteiger partial charge is 0.328 e. The third kappa shape index (κ3) is 4.05. The molecule has 1 saturated carbocycles. The van der Waals surface area contributed by atoms with Gasteiger partial charge in [-0.05, 0) is 37.9 Å². The van der Waals surface area contributed by atoms with Crippen LogP contribution in [0.3, 0.4) is 0 Å². The van der Waals surface area contributed by atoms with Crippen LogP contribution in [0.25, 0.3) is 0 Å². The summed E-state index contributed by atoms with van der Waals surface area (Å²) < 4.78 is 0. The summed E-state index contributed by atoms with van der Waals surface area (Å²) in [6.07, 6.45) is 3.51. The summed E-state index contributed by atoms with van der Waals surface area (Å²) in [5, 5.41) is 3.74. The summed E-state index contributed by atoms with van der Waals surface area (Å²) >= 11 is 0. The first kappa shape index (κ1) is 15.5.